The molecule has 0 aliphatic heterocycles. The quantitative estimate of drug-likeness (QED) is 0.0696. The van der Waals surface area contributed by atoms with E-state index in [4.69, 9.17) is 43.5 Å². The van der Waals surface area contributed by atoms with E-state index in [9.17, 15) is 9.13 Å². The first-order valence-corrected chi connectivity index (χ1v) is 25.1. The minimum absolute atomic E-state index is 0.436. The Kier molecular flexibility index (Phi) is 37.7. The fraction of sp³-hybridized carbons (Fsp3) is 1.00. The van der Waals surface area contributed by atoms with E-state index >= 15 is 0 Å². The summed E-state index contributed by atoms with van der Waals surface area (Å²) in [7, 11) is 2.80. The van der Waals surface area contributed by atoms with Crippen LogP contribution in [0.5, 0.6) is 0 Å². The van der Waals surface area contributed by atoms with Gasteiger partial charge in [-0.25, -0.2) is 9.13 Å². The average Bonchev–Trinajstić information content (AvgIpc) is 2.91. The highest BCUT2D eigenvalue weighted by atomic mass is 32.7. The summed E-state index contributed by atoms with van der Waals surface area (Å²) in [6.45, 7) is 6.12. The molecule has 0 fully saturated rings. The van der Waals surface area contributed by atoms with Crippen LogP contribution in [0.2, 0.25) is 0 Å². The molecule has 0 aliphatic carbocycles. The van der Waals surface area contributed by atoms with Crippen molar-refractivity contribution in [3.8, 4) is 0 Å². The highest BCUT2D eigenvalue weighted by Gasteiger charge is 2.24. The standard InChI is InChI=1S/2C8H19O3PS2.C5H13O3PS2/c1-4-10-12(9,11-5-2)14-8-7-13-6-3;1-4-9-12(13,10-5-2)11-7-8-14-6-3;1-7-9(6,8-2)11-5-4-10-3/h2*4-8H2,1-3H3;4-5H2,1-3H3. The van der Waals surface area contributed by atoms with Gasteiger partial charge in [0.2, 0.25) is 0 Å². The van der Waals surface area contributed by atoms with E-state index in [2.05, 4.69) is 13.8 Å². The molecule has 0 aliphatic rings. The lowest BCUT2D eigenvalue weighted by atomic mass is 10.9. The smallest absolute Gasteiger partial charge is 0.309 e. The van der Waals surface area contributed by atoms with Gasteiger partial charge in [-0.15, -0.1) is 0 Å². The van der Waals surface area contributed by atoms with Gasteiger partial charge >= 0.3 is 20.3 Å². The maximum atomic E-state index is 11.9. The van der Waals surface area contributed by atoms with E-state index in [1.54, 1.807) is 11.8 Å². The Labute approximate surface area is 264 Å². The zero-order valence-corrected chi connectivity index (χ0v) is 32.5. The lowest BCUT2D eigenvalue weighted by molar-refractivity contribution is 0.174. The topological polar surface area (TPSA) is 98.8 Å². The first kappa shape index (κ1) is 46.0. The number of thioether (sulfide) groups is 3. The Morgan fingerprint density at radius 1 is 0.590 bits per heavy atom. The number of rotatable bonds is 24. The largest absolute Gasteiger partial charge is 0.389 e. The molecule has 0 N–H and O–H groups in total. The molecule has 240 valence electrons. The van der Waals surface area contributed by atoms with Crippen LogP contribution in [0, 0.1) is 0 Å². The van der Waals surface area contributed by atoms with Crippen molar-refractivity contribution in [2.24, 2.45) is 0 Å². The average molecular weight is 733 g/mol. The third-order valence-electron chi connectivity index (χ3n) is 3.50. The monoisotopic (exact) mass is 732 g/mol. The van der Waals surface area contributed by atoms with Crippen molar-refractivity contribution < 1.29 is 40.8 Å². The van der Waals surface area contributed by atoms with E-state index in [1.165, 1.54) is 37.0 Å². The van der Waals surface area contributed by atoms with Crippen LogP contribution in [0.25, 0.3) is 0 Å². The van der Waals surface area contributed by atoms with Crippen molar-refractivity contribution in [2.45, 2.75) is 41.5 Å². The summed E-state index contributed by atoms with van der Waals surface area (Å²) in [4.78, 5) is 0. The summed E-state index contributed by atoms with van der Waals surface area (Å²) in [6, 6.07) is 0. The number of hydrogen-bond donors (Lipinski definition) is 0. The third-order valence-corrected chi connectivity index (χ3v) is 17.0. The molecule has 0 aromatic carbocycles. The van der Waals surface area contributed by atoms with Crippen molar-refractivity contribution in [3.05, 3.63) is 0 Å². The highest BCUT2D eigenvalue weighted by molar-refractivity contribution is 8.55. The summed E-state index contributed by atoms with van der Waals surface area (Å²) in [5.74, 6) is 6.68. The molecule has 0 unspecified atom stereocenters. The van der Waals surface area contributed by atoms with Gasteiger partial charge in [0.15, 0.2) is 0 Å². The molecule has 0 bridgehead atoms. The van der Waals surface area contributed by atoms with Crippen LogP contribution in [0.15, 0.2) is 0 Å². The summed E-state index contributed by atoms with van der Waals surface area (Å²) < 4.78 is 59.1. The van der Waals surface area contributed by atoms with E-state index in [0.29, 0.717) is 33.0 Å². The molecule has 0 amide bonds. The van der Waals surface area contributed by atoms with Gasteiger partial charge < -0.3 is 31.7 Å². The Hall–Kier alpha value is 2.58. The van der Waals surface area contributed by atoms with Crippen molar-refractivity contribution in [2.75, 3.05) is 93.8 Å². The van der Waals surface area contributed by atoms with E-state index in [-0.39, 0.29) is 0 Å². The molecule has 9 nitrogen and oxygen atoms in total. The second-order valence-electron chi connectivity index (χ2n) is 6.26. The molecule has 0 aromatic heterocycles. The molecule has 0 radical (unpaired) electrons. The molecule has 0 heterocycles. The fourth-order valence-corrected chi connectivity index (χ4v) is 12.7. The van der Waals surface area contributed by atoms with Crippen LogP contribution >= 0.6 is 78.4 Å². The van der Waals surface area contributed by atoms with Crippen molar-refractivity contribution in [3.63, 3.8) is 0 Å². The third kappa shape index (κ3) is 30.4. The summed E-state index contributed by atoms with van der Waals surface area (Å²) in [5.41, 5.74) is 0. The van der Waals surface area contributed by atoms with E-state index in [1.807, 2.05) is 57.5 Å². The molecular formula is C21H51O9P3S6. The van der Waals surface area contributed by atoms with Gasteiger partial charge in [0.05, 0.1) is 33.0 Å². The van der Waals surface area contributed by atoms with Crippen LogP contribution in [0.3, 0.4) is 0 Å². The van der Waals surface area contributed by atoms with E-state index in [0.717, 1.165) is 40.3 Å². The maximum Gasteiger partial charge on any atom is 0.389 e. The fourth-order valence-electron chi connectivity index (χ4n) is 1.97. The van der Waals surface area contributed by atoms with Gasteiger partial charge in [-0.1, -0.05) is 13.8 Å². The molecular weight excluding hydrogens is 682 g/mol. The Morgan fingerprint density at radius 2 is 1.03 bits per heavy atom. The first-order chi connectivity index (χ1) is 18.5. The van der Waals surface area contributed by atoms with Crippen molar-refractivity contribution in [1.29, 1.82) is 0 Å². The van der Waals surface area contributed by atoms with Gasteiger partial charge in [0, 0.05) is 43.0 Å². The van der Waals surface area contributed by atoms with Crippen LogP contribution in [-0.2, 0) is 52.6 Å². The summed E-state index contributed by atoms with van der Waals surface area (Å²) in [6.07, 6.45) is 2.01. The van der Waals surface area contributed by atoms with Crippen LogP contribution < -0.4 is 0 Å². The summed E-state index contributed by atoms with van der Waals surface area (Å²) in [5, 5.41) is 0. The van der Waals surface area contributed by atoms with Gasteiger partial charge in [0.1, 0.15) is 0 Å². The molecule has 0 atom stereocenters. The van der Waals surface area contributed by atoms with Gasteiger partial charge in [-0.3, -0.25) is 0 Å². The highest BCUT2D eigenvalue weighted by Crippen LogP contribution is 2.60. The molecule has 0 aromatic rings. The molecule has 39 heavy (non-hydrogen) atoms. The minimum atomic E-state index is -2.86. The van der Waals surface area contributed by atoms with E-state index < -0.39 is 20.3 Å². The Bertz CT molecular complexity index is 603. The summed E-state index contributed by atoms with van der Waals surface area (Å²) >= 11 is 13.1. The van der Waals surface area contributed by atoms with Gasteiger partial charge in [0.25, 0.3) is 0 Å². The minimum Gasteiger partial charge on any atom is -0.309 e. The molecule has 18 heteroatoms. The van der Waals surface area contributed by atoms with Gasteiger partial charge in [-0.05, 0) is 80.0 Å². The predicted octanol–water partition coefficient (Wildman–Crippen LogP) is 9.19. The lowest BCUT2D eigenvalue weighted by Gasteiger charge is -2.20. The van der Waals surface area contributed by atoms with Crippen LogP contribution in [0.1, 0.15) is 41.5 Å². The SMILES string of the molecule is CCOP(=O)(OCC)SCCSCC.CCOP(=S)(OCC)OCCSCC.COP(=O)(OC)SCCSC. The first-order valence-electron chi connectivity index (χ1n) is 12.6. The lowest BCUT2D eigenvalue weighted by Crippen LogP contribution is -2.02. The molecule has 0 saturated carbocycles. The number of hydrogen-bond acceptors (Lipinski definition) is 15. The van der Waals surface area contributed by atoms with Crippen LogP contribution in [0.4, 0.5) is 0 Å². The van der Waals surface area contributed by atoms with Crippen molar-refractivity contribution in [1.82, 2.24) is 0 Å². The molecule has 0 saturated heterocycles. The second-order valence-corrected chi connectivity index (χ2v) is 21.6. The zero-order chi connectivity index (χ0) is 30.5. The zero-order valence-electron chi connectivity index (χ0n) is 25.0. The van der Waals surface area contributed by atoms with Crippen molar-refractivity contribution >= 4 is 90.2 Å². The normalized spacial score (nSPS) is 11.9. The maximum absolute atomic E-state index is 11.9. The molecule has 0 rings (SSSR count). The predicted molar refractivity (Wildman–Crippen MR) is 185 cm³/mol. The second kappa shape index (κ2) is 32.0. The Balaban J connectivity index is -0.000000503. The van der Waals surface area contributed by atoms with Crippen LogP contribution in [-0.4, -0.2) is 93.8 Å². The Morgan fingerprint density at radius 3 is 1.44 bits per heavy atom. The molecule has 0 spiro atoms. The van der Waals surface area contributed by atoms with Gasteiger partial charge in [-0.2, -0.15) is 35.3 Å².